The number of fused-ring (bicyclic) bond motifs is 1. The van der Waals surface area contributed by atoms with Gasteiger partial charge < -0.3 is 9.88 Å². The average molecular weight is 455 g/mol. The molecule has 168 valence electrons. The fourth-order valence-corrected chi connectivity index (χ4v) is 4.82. The van der Waals surface area contributed by atoms with Crippen LogP contribution in [0.2, 0.25) is 0 Å². The number of carbonyl (C=O) groups excluding carboxylic acids is 1. The normalized spacial score (nSPS) is 19.9. The van der Waals surface area contributed by atoms with Crippen LogP contribution in [0.5, 0.6) is 0 Å². The Bertz CT molecular complexity index is 762. The van der Waals surface area contributed by atoms with Gasteiger partial charge in [-0.15, -0.1) is 24.8 Å². The lowest BCUT2D eigenvalue weighted by Gasteiger charge is -2.39. The van der Waals surface area contributed by atoms with Crippen LogP contribution in [0.1, 0.15) is 44.8 Å². The van der Waals surface area contributed by atoms with Gasteiger partial charge in [-0.05, 0) is 63.3 Å². The van der Waals surface area contributed by atoms with Crippen molar-refractivity contribution in [3.05, 3.63) is 36.0 Å². The summed E-state index contributed by atoms with van der Waals surface area (Å²) < 4.78 is 0. The summed E-state index contributed by atoms with van der Waals surface area (Å²) in [5.74, 6) is 0.609. The molecule has 1 aromatic heterocycles. The van der Waals surface area contributed by atoms with Crippen molar-refractivity contribution in [1.82, 2.24) is 19.7 Å². The molecular weight excluding hydrogens is 419 g/mol. The predicted molar refractivity (Wildman–Crippen MR) is 129 cm³/mol. The number of para-hydroxylation sites is 1. The highest BCUT2D eigenvalue weighted by Crippen LogP contribution is 2.29. The van der Waals surface area contributed by atoms with E-state index < -0.39 is 0 Å². The van der Waals surface area contributed by atoms with E-state index in [1.54, 1.807) is 0 Å². The summed E-state index contributed by atoms with van der Waals surface area (Å²) in [5, 5.41) is 1.27. The van der Waals surface area contributed by atoms with Crippen molar-refractivity contribution >= 4 is 41.6 Å². The third kappa shape index (κ3) is 5.50. The Morgan fingerprint density at radius 2 is 1.73 bits per heavy atom. The quantitative estimate of drug-likeness (QED) is 0.730. The largest absolute Gasteiger partial charge is 0.357 e. The molecular formula is C23H36Cl2N4O. The minimum Gasteiger partial charge on any atom is -0.357 e. The molecule has 0 spiro atoms. The van der Waals surface area contributed by atoms with Crippen molar-refractivity contribution in [3.8, 4) is 0 Å². The van der Waals surface area contributed by atoms with Gasteiger partial charge >= 0.3 is 0 Å². The van der Waals surface area contributed by atoms with E-state index in [-0.39, 0.29) is 30.7 Å². The summed E-state index contributed by atoms with van der Waals surface area (Å²) in [7, 11) is 0. The smallest absolute Gasteiger partial charge is 0.225 e. The lowest BCUT2D eigenvalue weighted by molar-refractivity contribution is -0.139. The molecule has 0 saturated carbocycles. The molecule has 2 saturated heterocycles. The number of carbonyl (C=O) groups is 1. The molecule has 2 fully saturated rings. The van der Waals surface area contributed by atoms with Gasteiger partial charge in [0, 0.05) is 49.3 Å². The molecule has 2 aromatic rings. The fraction of sp³-hybridized carbons (Fsp3) is 0.609. The third-order valence-electron chi connectivity index (χ3n) is 6.65. The molecule has 5 nitrogen and oxygen atoms in total. The topological polar surface area (TPSA) is 42.6 Å². The molecule has 4 rings (SSSR count). The fourth-order valence-electron chi connectivity index (χ4n) is 4.82. The van der Waals surface area contributed by atoms with Crippen LogP contribution in [0.25, 0.3) is 10.9 Å². The maximum atomic E-state index is 13.0. The van der Waals surface area contributed by atoms with Crippen molar-refractivity contribution in [1.29, 1.82) is 0 Å². The van der Waals surface area contributed by atoms with Crippen LogP contribution < -0.4 is 0 Å². The highest BCUT2D eigenvalue weighted by Gasteiger charge is 2.32. The van der Waals surface area contributed by atoms with Gasteiger partial charge in [0.15, 0.2) is 0 Å². The number of aromatic amines is 1. The first-order chi connectivity index (χ1) is 13.7. The number of hydrogen-bond donors (Lipinski definition) is 1. The lowest BCUT2D eigenvalue weighted by Crippen LogP contribution is -2.51. The number of nitrogens with zero attached hydrogens (tertiary/aromatic N) is 3. The van der Waals surface area contributed by atoms with Crippen molar-refractivity contribution in [2.45, 2.75) is 39.2 Å². The zero-order valence-electron chi connectivity index (χ0n) is 18.2. The van der Waals surface area contributed by atoms with E-state index in [1.807, 2.05) is 0 Å². The third-order valence-corrected chi connectivity index (χ3v) is 6.65. The Morgan fingerprint density at radius 1 is 1.07 bits per heavy atom. The monoisotopic (exact) mass is 454 g/mol. The molecule has 1 unspecified atom stereocenters. The summed E-state index contributed by atoms with van der Waals surface area (Å²) >= 11 is 0. The van der Waals surface area contributed by atoms with E-state index in [0.717, 1.165) is 58.7 Å². The first-order valence-corrected chi connectivity index (χ1v) is 11.0. The molecule has 0 radical (unpaired) electrons. The number of benzene rings is 1. The molecule has 1 amide bonds. The number of likely N-dealkylation sites (tertiary alicyclic amines) is 1. The standard InChI is InChI=1S/C23H34N4O.2ClH/c1-3-10-25-13-15-27(16-14-25)23(28)19-8-11-26(12-9-19)18(2)22-17-20-6-4-5-7-21(20)24-22;;/h4-7,17-19,24H,3,8-16H2,1-2H3;2*1H. The summed E-state index contributed by atoms with van der Waals surface area (Å²) in [6.45, 7) is 11.6. The molecule has 1 atom stereocenters. The van der Waals surface area contributed by atoms with Crippen molar-refractivity contribution in [2.24, 2.45) is 5.92 Å². The molecule has 0 aliphatic carbocycles. The summed E-state index contributed by atoms with van der Waals surface area (Å²) in [6, 6.07) is 11.1. The van der Waals surface area contributed by atoms with Gasteiger partial charge in [-0.25, -0.2) is 0 Å². The molecule has 2 aliphatic heterocycles. The van der Waals surface area contributed by atoms with Gasteiger partial charge in [-0.3, -0.25) is 14.6 Å². The van der Waals surface area contributed by atoms with Crippen molar-refractivity contribution in [3.63, 3.8) is 0 Å². The summed E-state index contributed by atoms with van der Waals surface area (Å²) in [6.07, 6.45) is 3.16. The van der Waals surface area contributed by atoms with E-state index in [9.17, 15) is 4.79 Å². The number of piperidine rings is 1. The van der Waals surface area contributed by atoms with Gasteiger partial charge in [-0.2, -0.15) is 0 Å². The number of piperazine rings is 1. The average Bonchev–Trinajstić information content (AvgIpc) is 3.18. The first-order valence-electron chi connectivity index (χ1n) is 11.0. The van der Waals surface area contributed by atoms with Gasteiger partial charge in [0.1, 0.15) is 0 Å². The number of aromatic nitrogens is 1. The SMILES string of the molecule is CCCN1CCN(C(=O)C2CCN(C(C)c3cc4ccccc4[nH]3)CC2)CC1.Cl.Cl. The van der Waals surface area contributed by atoms with Crippen LogP contribution in [-0.2, 0) is 4.79 Å². The van der Waals surface area contributed by atoms with Crippen LogP contribution in [0.3, 0.4) is 0 Å². The number of H-pyrrole nitrogens is 1. The maximum absolute atomic E-state index is 13.0. The number of hydrogen-bond acceptors (Lipinski definition) is 3. The van der Waals surface area contributed by atoms with E-state index in [0.29, 0.717) is 11.9 Å². The van der Waals surface area contributed by atoms with Crippen molar-refractivity contribution in [2.75, 3.05) is 45.8 Å². The Labute approximate surface area is 193 Å². The number of amides is 1. The zero-order valence-corrected chi connectivity index (χ0v) is 19.8. The molecule has 1 aromatic carbocycles. The van der Waals surface area contributed by atoms with E-state index in [1.165, 1.54) is 23.0 Å². The van der Waals surface area contributed by atoms with E-state index in [4.69, 9.17) is 0 Å². The van der Waals surface area contributed by atoms with Crippen LogP contribution in [0, 0.1) is 5.92 Å². The minimum atomic E-state index is 0. The minimum absolute atomic E-state index is 0. The molecule has 0 bridgehead atoms. The Morgan fingerprint density at radius 3 is 2.37 bits per heavy atom. The van der Waals surface area contributed by atoms with Gasteiger partial charge in [0.25, 0.3) is 0 Å². The van der Waals surface area contributed by atoms with Crippen LogP contribution in [-0.4, -0.2) is 71.4 Å². The van der Waals surface area contributed by atoms with Gasteiger partial charge in [0.2, 0.25) is 5.91 Å². The summed E-state index contributed by atoms with van der Waals surface area (Å²) in [4.78, 5) is 23.7. The van der Waals surface area contributed by atoms with Crippen LogP contribution in [0.15, 0.2) is 30.3 Å². The van der Waals surface area contributed by atoms with Gasteiger partial charge in [0.05, 0.1) is 0 Å². The molecule has 2 aliphatic rings. The number of rotatable bonds is 5. The maximum Gasteiger partial charge on any atom is 0.225 e. The number of nitrogens with one attached hydrogen (secondary N) is 1. The van der Waals surface area contributed by atoms with Crippen molar-refractivity contribution < 1.29 is 4.79 Å². The van der Waals surface area contributed by atoms with E-state index >= 15 is 0 Å². The zero-order chi connectivity index (χ0) is 19.5. The second-order valence-electron chi connectivity index (χ2n) is 8.47. The molecule has 1 N–H and O–H groups in total. The first kappa shape index (κ1) is 25.0. The Kier molecular flexibility index (Phi) is 9.48. The summed E-state index contributed by atoms with van der Waals surface area (Å²) in [5.41, 5.74) is 2.48. The Hall–Kier alpha value is -1.27. The van der Waals surface area contributed by atoms with Crippen LogP contribution >= 0.6 is 24.8 Å². The van der Waals surface area contributed by atoms with E-state index in [2.05, 4.69) is 63.9 Å². The Balaban J connectivity index is 0.00000160. The highest BCUT2D eigenvalue weighted by atomic mass is 35.5. The van der Waals surface area contributed by atoms with Gasteiger partial charge in [-0.1, -0.05) is 25.1 Å². The predicted octanol–water partition coefficient (Wildman–Crippen LogP) is 4.34. The molecule has 7 heteroatoms. The lowest BCUT2D eigenvalue weighted by atomic mass is 9.93. The molecule has 3 heterocycles. The van der Waals surface area contributed by atoms with Crippen LogP contribution in [0.4, 0.5) is 0 Å². The molecule has 30 heavy (non-hydrogen) atoms. The second-order valence-corrected chi connectivity index (χ2v) is 8.47. The second kappa shape index (κ2) is 11.4. The highest BCUT2D eigenvalue weighted by molar-refractivity contribution is 5.85. The number of halogens is 2.